The van der Waals surface area contributed by atoms with Gasteiger partial charge in [0.15, 0.2) is 5.96 Å². The van der Waals surface area contributed by atoms with Gasteiger partial charge in [-0.1, -0.05) is 6.07 Å². The van der Waals surface area contributed by atoms with Gasteiger partial charge in [0.1, 0.15) is 11.5 Å². The van der Waals surface area contributed by atoms with Gasteiger partial charge in [-0.25, -0.2) is 0 Å². The number of nitrogens with one attached hydrogen (secondary N) is 2. The Morgan fingerprint density at radius 1 is 1.19 bits per heavy atom. The van der Waals surface area contributed by atoms with Crippen LogP contribution in [0, 0.1) is 0 Å². The maximum absolute atomic E-state index is 5.73. The molecule has 1 aromatic carbocycles. The third kappa shape index (κ3) is 7.46. The molecule has 0 aliphatic rings. The van der Waals surface area contributed by atoms with E-state index in [9.17, 15) is 0 Å². The second-order valence-corrected chi connectivity index (χ2v) is 5.69. The fourth-order valence-corrected chi connectivity index (χ4v) is 2.36. The van der Waals surface area contributed by atoms with Crippen LogP contribution in [0.5, 0.6) is 11.5 Å². The lowest BCUT2D eigenvalue weighted by molar-refractivity contribution is 0.311. The minimum Gasteiger partial charge on any atom is -0.497 e. The fourth-order valence-electron chi connectivity index (χ4n) is 2.36. The minimum absolute atomic E-state index is 0.620. The maximum Gasteiger partial charge on any atom is 0.191 e. The number of guanidine groups is 1. The molecule has 7 nitrogen and oxygen atoms in total. The average Bonchev–Trinajstić information content (AvgIpc) is 3.18. The first-order valence-electron chi connectivity index (χ1n) is 9.08. The van der Waals surface area contributed by atoms with Crippen LogP contribution in [-0.4, -0.2) is 49.1 Å². The van der Waals surface area contributed by atoms with Gasteiger partial charge >= 0.3 is 0 Å². The topological polar surface area (TPSA) is 72.7 Å². The highest BCUT2D eigenvalue weighted by Gasteiger charge is 1.99. The highest BCUT2D eigenvalue weighted by Crippen LogP contribution is 2.18. The number of ether oxygens (including phenoxy) is 2. The molecule has 1 heterocycles. The third-order valence-corrected chi connectivity index (χ3v) is 3.64. The number of hydrogen-bond acceptors (Lipinski definition) is 4. The summed E-state index contributed by atoms with van der Waals surface area (Å²) in [4.78, 5) is 4.58. The normalized spacial score (nSPS) is 11.2. The summed E-state index contributed by atoms with van der Waals surface area (Å²) in [5.41, 5.74) is 0. The zero-order valence-corrected chi connectivity index (χ0v) is 15.6. The van der Waals surface area contributed by atoms with E-state index in [4.69, 9.17) is 9.47 Å². The molecule has 0 aliphatic carbocycles. The Bertz CT molecular complexity index is 643. The van der Waals surface area contributed by atoms with Crippen molar-refractivity contribution in [3.05, 3.63) is 42.7 Å². The van der Waals surface area contributed by atoms with Crippen LogP contribution in [0.1, 0.15) is 19.8 Å². The van der Waals surface area contributed by atoms with Crippen LogP contribution in [0.15, 0.2) is 47.7 Å². The maximum atomic E-state index is 5.73. The number of nitrogens with zero attached hydrogens (tertiary/aromatic N) is 3. The van der Waals surface area contributed by atoms with Gasteiger partial charge < -0.3 is 20.1 Å². The Kier molecular flexibility index (Phi) is 8.89. The first kappa shape index (κ1) is 19.6. The zero-order valence-electron chi connectivity index (χ0n) is 15.6. The molecule has 2 aromatic rings. The molecule has 26 heavy (non-hydrogen) atoms. The van der Waals surface area contributed by atoms with Crippen LogP contribution < -0.4 is 20.1 Å². The molecule has 0 amide bonds. The highest BCUT2D eigenvalue weighted by molar-refractivity contribution is 5.79. The monoisotopic (exact) mass is 359 g/mol. The largest absolute Gasteiger partial charge is 0.497 e. The van der Waals surface area contributed by atoms with E-state index in [0.717, 1.165) is 49.9 Å². The molecule has 0 radical (unpaired) electrons. The molecule has 0 spiro atoms. The van der Waals surface area contributed by atoms with Crippen molar-refractivity contribution in [2.75, 3.05) is 33.4 Å². The Morgan fingerprint density at radius 3 is 2.85 bits per heavy atom. The van der Waals surface area contributed by atoms with E-state index in [1.807, 2.05) is 41.2 Å². The van der Waals surface area contributed by atoms with Gasteiger partial charge in [0.05, 0.1) is 13.7 Å². The number of methoxy groups -OCH3 is 1. The van der Waals surface area contributed by atoms with E-state index in [1.54, 1.807) is 13.3 Å². The van der Waals surface area contributed by atoms with Gasteiger partial charge in [0.25, 0.3) is 0 Å². The van der Waals surface area contributed by atoms with Crippen molar-refractivity contribution in [1.29, 1.82) is 0 Å². The molecule has 0 saturated carbocycles. The van der Waals surface area contributed by atoms with E-state index in [2.05, 4.69) is 27.6 Å². The SMILES string of the molecule is CCNC(=NCCCOc1cccc(OC)c1)NCCCn1cccn1. The highest BCUT2D eigenvalue weighted by atomic mass is 16.5. The van der Waals surface area contributed by atoms with E-state index in [-0.39, 0.29) is 0 Å². The molecule has 0 bridgehead atoms. The second-order valence-electron chi connectivity index (χ2n) is 5.69. The van der Waals surface area contributed by atoms with Crippen molar-refractivity contribution in [2.24, 2.45) is 4.99 Å². The molecule has 0 saturated heterocycles. The van der Waals surface area contributed by atoms with Crippen LogP contribution in [0.3, 0.4) is 0 Å². The standard InChI is InChI=1S/C19H29N5O2/c1-3-20-19(21-10-5-13-24-14-6-12-23-24)22-11-7-15-26-18-9-4-8-17(16-18)25-2/h4,6,8-9,12,14,16H,3,5,7,10-11,13,15H2,1-2H3,(H2,20,21,22). The molecule has 7 heteroatoms. The summed E-state index contributed by atoms with van der Waals surface area (Å²) in [7, 11) is 1.65. The van der Waals surface area contributed by atoms with Crippen molar-refractivity contribution in [3.63, 3.8) is 0 Å². The predicted molar refractivity (Wildman–Crippen MR) is 104 cm³/mol. The van der Waals surface area contributed by atoms with Gasteiger partial charge in [-0.3, -0.25) is 9.67 Å². The molecule has 0 atom stereocenters. The second kappa shape index (κ2) is 11.8. The van der Waals surface area contributed by atoms with Crippen molar-refractivity contribution in [1.82, 2.24) is 20.4 Å². The summed E-state index contributed by atoms with van der Waals surface area (Å²) in [6.07, 6.45) is 5.61. The number of aromatic nitrogens is 2. The first-order valence-corrected chi connectivity index (χ1v) is 9.08. The van der Waals surface area contributed by atoms with Crippen molar-refractivity contribution < 1.29 is 9.47 Å². The fraction of sp³-hybridized carbons (Fsp3) is 0.474. The first-order chi connectivity index (χ1) is 12.8. The molecule has 1 aromatic heterocycles. The Balaban J connectivity index is 1.63. The molecule has 0 fully saturated rings. The van der Waals surface area contributed by atoms with Gasteiger partial charge in [0.2, 0.25) is 0 Å². The predicted octanol–water partition coefficient (Wildman–Crippen LogP) is 2.31. The summed E-state index contributed by atoms with van der Waals surface area (Å²) in [6.45, 7) is 5.98. The number of aryl methyl sites for hydroxylation is 1. The summed E-state index contributed by atoms with van der Waals surface area (Å²) < 4.78 is 12.8. The third-order valence-electron chi connectivity index (χ3n) is 3.64. The average molecular weight is 359 g/mol. The van der Waals surface area contributed by atoms with Gasteiger partial charge in [-0.2, -0.15) is 5.10 Å². The van der Waals surface area contributed by atoms with Gasteiger partial charge in [-0.05, 0) is 31.5 Å². The van der Waals surface area contributed by atoms with Gasteiger partial charge in [-0.15, -0.1) is 0 Å². The lowest BCUT2D eigenvalue weighted by Crippen LogP contribution is -2.38. The van der Waals surface area contributed by atoms with Crippen molar-refractivity contribution >= 4 is 5.96 Å². The summed E-state index contributed by atoms with van der Waals surface area (Å²) in [5.74, 6) is 2.46. The lowest BCUT2D eigenvalue weighted by atomic mass is 10.3. The van der Waals surface area contributed by atoms with Gasteiger partial charge in [0, 0.05) is 51.1 Å². The molecule has 0 aliphatic heterocycles. The molecular weight excluding hydrogens is 330 g/mol. The van der Waals surface area contributed by atoms with Crippen LogP contribution in [0.25, 0.3) is 0 Å². The number of rotatable bonds is 11. The van der Waals surface area contributed by atoms with Crippen molar-refractivity contribution in [3.8, 4) is 11.5 Å². The van der Waals surface area contributed by atoms with Crippen molar-refractivity contribution in [2.45, 2.75) is 26.3 Å². The lowest BCUT2D eigenvalue weighted by Gasteiger charge is -2.11. The minimum atomic E-state index is 0.620. The van der Waals surface area contributed by atoms with Crippen LogP contribution in [-0.2, 0) is 6.54 Å². The van der Waals surface area contributed by atoms with Crippen LogP contribution in [0.4, 0.5) is 0 Å². The Labute approximate surface area is 155 Å². The summed E-state index contributed by atoms with van der Waals surface area (Å²) in [6, 6.07) is 9.57. The number of aliphatic imine (C=N–C) groups is 1. The molecule has 0 unspecified atom stereocenters. The van der Waals surface area contributed by atoms with Crippen LogP contribution >= 0.6 is 0 Å². The summed E-state index contributed by atoms with van der Waals surface area (Å²) >= 11 is 0. The van der Waals surface area contributed by atoms with E-state index < -0.39 is 0 Å². The van der Waals surface area contributed by atoms with Crippen LogP contribution in [0.2, 0.25) is 0 Å². The zero-order chi connectivity index (χ0) is 18.5. The molecular formula is C19H29N5O2. The number of hydrogen-bond donors (Lipinski definition) is 2. The van der Waals surface area contributed by atoms with E-state index in [0.29, 0.717) is 13.2 Å². The molecule has 2 N–H and O–H groups in total. The Morgan fingerprint density at radius 2 is 2.08 bits per heavy atom. The van der Waals surface area contributed by atoms with E-state index in [1.165, 1.54) is 0 Å². The molecule has 142 valence electrons. The quantitative estimate of drug-likeness (QED) is 0.366. The molecule has 2 rings (SSSR count). The number of benzene rings is 1. The Hall–Kier alpha value is -2.70. The summed E-state index contributed by atoms with van der Waals surface area (Å²) in [5, 5.41) is 10.8. The van der Waals surface area contributed by atoms with E-state index >= 15 is 0 Å². The smallest absolute Gasteiger partial charge is 0.191 e.